The Bertz CT molecular complexity index is 800. The highest BCUT2D eigenvalue weighted by atomic mass is 15.2. The fourth-order valence-corrected chi connectivity index (χ4v) is 5.46. The SMILES string of the molecule is CC(C)N(c1ccc(-c2cc(N(C(C)C)C(C)C)cc(N(C(C)C)C(C)C)c2)cc1)C(C)C. The molecule has 2 aromatic rings. The predicted molar refractivity (Wildman–Crippen MR) is 150 cm³/mol. The maximum absolute atomic E-state index is 2.53. The van der Waals surface area contributed by atoms with Crippen LogP contribution in [0.25, 0.3) is 11.1 Å². The topological polar surface area (TPSA) is 9.72 Å². The Morgan fingerprint density at radius 2 is 0.667 bits per heavy atom. The molecule has 0 saturated heterocycles. The molecule has 0 amide bonds. The average Bonchev–Trinajstić information content (AvgIpc) is 2.66. The molecule has 0 fully saturated rings. The van der Waals surface area contributed by atoms with E-state index in [2.05, 4.69) is 140 Å². The van der Waals surface area contributed by atoms with E-state index in [0.29, 0.717) is 36.3 Å². The first-order chi connectivity index (χ1) is 15.3. The predicted octanol–water partition coefficient (Wildman–Crippen LogP) is 8.22. The highest BCUT2D eigenvalue weighted by molar-refractivity contribution is 5.76. The molecule has 0 radical (unpaired) electrons. The summed E-state index contributed by atoms with van der Waals surface area (Å²) in [6.07, 6.45) is 0. The van der Waals surface area contributed by atoms with Gasteiger partial charge in [-0.1, -0.05) is 12.1 Å². The summed E-state index contributed by atoms with van der Waals surface area (Å²) >= 11 is 0. The third-order valence-electron chi connectivity index (χ3n) is 6.34. The largest absolute Gasteiger partial charge is 0.367 e. The van der Waals surface area contributed by atoms with E-state index in [1.165, 1.54) is 28.2 Å². The van der Waals surface area contributed by atoms with E-state index in [9.17, 15) is 0 Å². The summed E-state index contributed by atoms with van der Waals surface area (Å²) in [6, 6.07) is 19.0. The van der Waals surface area contributed by atoms with Crippen molar-refractivity contribution in [3.8, 4) is 11.1 Å². The summed E-state index contributed by atoms with van der Waals surface area (Å²) in [5.74, 6) is 0. The molecule has 0 N–H and O–H groups in total. The van der Waals surface area contributed by atoms with Crippen LogP contribution in [-0.4, -0.2) is 36.3 Å². The molecular weight excluding hydrogens is 402 g/mol. The minimum atomic E-state index is 0.438. The van der Waals surface area contributed by atoms with Gasteiger partial charge in [0.1, 0.15) is 0 Å². The molecule has 0 aliphatic rings. The molecule has 0 saturated carbocycles. The Kier molecular flexibility index (Phi) is 9.29. The van der Waals surface area contributed by atoms with Crippen molar-refractivity contribution >= 4 is 17.1 Å². The minimum Gasteiger partial charge on any atom is -0.367 e. The molecular formula is C30H49N3. The Labute approximate surface area is 204 Å². The third kappa shape index (κ3) is 6.46. The van der Waals surface area contributed by atoms with Crippen molar-refractivity contribution in [1.29, 1.82) is 0 Å². The van der Waals surface area contributed by atoms with Crippen molar-refractivity contribution < 1.29 is 0 Å². The van der Waals surface area contributed by atoms with Gasteiger partial charge in [-0.05, 0) is 125 Å². The van der Waals surface area contributed by atoms with Crippen molar-refractivity contribution in [1.82, 2.24) is 0 Å². The molecule has 0 atom stereocenters. The molecule has 0 bridgehead atoms. The van der Waals surface area contributed by atoms with Crippen LogP contribution in [0, 0.1) is 0 Å². The van der Waals surface area contributed by atoms with Crippen molar-refractivity contribution in [2.45, 2.75) is 119 Å². The minimum absolute atomic E-state index is 0.438. The number of anilines is 3. The van der Waals surface area contributed by atoms with Crippen molar-refractivity contribution in [2.75, 3.05) is 14.7 Å². The summed E-state index contributed by atoms with van der Waals surface area (Å²) in [4.78, 5) is 7.53. The van der Waals surface area contributed by atoms with Gasteiger partial charge in [0.15, 0.2) is 0 Å². The number of hydrogen-bond acceptors (Lipinski definition) is 3. The molecule has 2 rings (SSSR count). The zero-order valence-corrected chi connectivity index (χ0v) is 23.3. The van der Waals surface area contributed by atoms with E-state index in [4.69, 9.17) is 0 Å². The number of rotatable bonds is 10. The molecule has 184 valence electrons. The number of nitrogens with zero attached hydrogens (tertiary/aromatic N) is 3. The van der Waals surface area contributed by atoms with Crippen LogP contribution in [0.3, 0.4) is 0 Å². The molecule has 0 spiro atoms. The highest BCUT2D eigenvalue weighted by Crippen LogP contribution is 2.35. The molecule has 0 aliphatic carbocycles. The Morgan fingerprint density at radius 3 is 0.970 bits per heavy atom. The Morgan fingerprint density at radius 1 is 0.364 bits per heavy atom. The van der Waals surface area contributed by atoms with Gasteiger partial charge < -0.3 is 14.7 Å². The van der Waals surface area contributed by atoms with E-state index in [-0.39, 0.29) is 0 Å². The third-order valence-corrected chi connectivity index (χ3v) is 6.34. The van der Waals surface area contributed by atoms with Gasteiger partial charge in [0, 0.05) is 53.3 Å². The molecule has 3 heteroatoms. The Hall–Kier alpha value is -2.16. The second-order valence-corrected chi connectivity index (χ2v) is 11.1. The first-order valence-corrected chi connectivity index (χ1v) is 13.0. The molecule has 33 heavy (non-hydrogen) atoms. The van der Waals surface area contributed by atoms with E-state index < -0.39 is 0 Å². The smallest absolute Gasteiger partial charge is 0.0397 e. The maximum Gasteiger partial charge on any atom is 0.0397 e. The highest BCUT2D eigenvalue weighted by Gasteiger charge is 2.21. The van der Waals surface area contributed by atoms with Gasteiger partial charge in [0.05, 0.1) is 0 Å². The van der Waals surface area contributed by atoms with Crippen LogP contribution in [0.2, 0.25) is 0 Å². The van der Waals surface area contributed by atoms with E-state index in [1.807, 2.05) is 0 Å². The summed E-state index contributed by atoms with van der Waals surface area (Å²) in [7, 11) is 0. The standard InChI is InChI=1S/C30H49N3/c1-20(2)31(21(3)4)28-15-13-26(14-16-28)27-17-29(32(22(5)6)23(7)8)19-30(18-27)33(24(9)10)25(11)12/h13-25H,1-12H3. The van der Waals surface area contributed by atoms with Gasteiger partial charge in [0.2, 0.25) is 0 Å². The van der Waals surface area contributed by atoms with Crippen LogP contribution in [-0.2, 0) is 0 Å². The van der Waals surface area contributed by atoms with Crippen LogP contribution < -0.4 is 14.7 Å². The van der Waals surface area contributed by atoms with Crippen LogP contribution in [0.5, 0.6) is 0 Å². The molecule has 0 unspecified atom stereocenters. The van der Waals surface area contributed by atoms with Gasteiger partial charge in [0.25, 0.3) is 0 Å². The van der Waals surface area contributed by atoms with Crippen molar-refractivity contribution in [2.24, 2.45) is 0 Å². The van der Waals surface area contributed by atoms with Crippen LogP contribution in [0.4, 0.5) is 17.1 Å². The zero-order valence-electron chi connectivity index (χ0n) is 23.3. The lowest BCUT2D eigenvalue weighted by molar-refractivity contribution is 0.601. The molecule has 2 aromatic carbocycles. The van der Waals surface area contributed by atoms with Crippen LogP contribution in [0.15, 0.2) is 42.5 Å². The average molecular weight is 452 g/mol. The lowest BCUT2D eigenvalue weighted by atomic mass is 10.0. The summed E-state index contributed by atoms with van der Waals surface area (Å²) in [5, 5.41) is 0. The zero-order chi connectivity index (χ0) is 25.0. The van der Waals surface area contributed by atoms with Gasteiger partial charge in [-0.15, -0.1) is 0 Å². The van der Waals surface area contributed by atoms with Gasteiger partial charge >= 0.3 is 0 Å². The second-order valence-electron chi connectivity index (χ2n) is 11.1. The van der Waals surface area contributed by atoms with Gasteiger partial charge in [-0.3, -0.25) is 0 Å². The quantitative estimate of drug-likeness (QED) is 0.360. The fourth-order valence-electron chi connectivity index (χ4n) is 5.46. The Balaban J connectivity index is 2.64. The van der Waals surface area contributed by atoms with E-state index in [0.717, 1.165) is 0 Å². The van der Waals surface area contributed by atoms with Gasteiger partial charge in [-0.2, -0.15) is 0 Å². The first-order valence-electron chi connectivity index (χ1n) is 13.0. The van der Waals surface area contributed by atoms with Crippen molar-refractivity contribution in [3.05, 3.63) is 42.5 Å². The second kappa shape index (κ2) is 11.3. The fraction of sp³-hybridized carbons (Fsp3) is 0.600. The van der Waals surface area contributed by atoms with E-state index >= 15 is 0 Å². The maximum atomic E-state index is 2.53. The summed E-state index contributed by atoms with van der Waals surface area (Å²) in [5.41, 5.74) is 6.45. The lowest BCUT2D eigenvalue weighted by Gasteiger charge is -2.37. The first kappa shape index (κ1) is 27.1. The number of hydrogen-bond donors (Lipinski definition) is 0. The lowest BCUT2D eigenvalue weighted by Crippen LogP contribution is -2.39. The molecule has 0 aromatic heterocycles. The summed E-state index contributed by atoms with van der Waals surface area (Å²) < 4.78 is 0. The number of benzene rings is 2. The molecule has 3 nitrogen and oxygen atoms in total. The van der Waals surface area contributed by atoms with E-state index in [1.54, 1.807) is 0 Å². The summed E-state index contributed by atoms with van der Waals surface area (Å²) in [6.45, 7) is 27.4. The van der Waals surface area contributed by atoms with Gasteiger partial charge in [-0.25, -0.2) is 0 Å². The van der Waals surface area contributed by atoms with Crippen molar-refractivity contribution in [3.63, 3.8) is 0 Å². The van der Waals surface area contributed by atoms with Crippen LogP contribution >= 0.6 is 0 Å². The monoisotopic (exact) mass is 451 g/mol. The molecule has 0 aliphatic heterocycles. The molecule has 0 heterocycles. The van der Waals surface area contributed by atoms with Crippen LogP contribution in [0.1, 0.15) is 83.1 Å². The normalized spacial score (nSPS) is 12.1.